The Hall–Kier alpha value is -0.910. The van der Waals surface area contributed by atoms with E-state index in [0.29, 0.717) is 9.50 Å². The molecule has 3 nitrogen and oxygen atoms in total. The lowest BCUT2D eigenvalue weighted by molar-refractivity contribution is 0.499. The molecule has 0 radical (unpaired) electrons. The lowest BCUT2D eigenvalue weighted by atomic mass is 10.0. The Labute approximate surface area is 124 Å². The van der Waals surface area contributed by atoms with Gasteiger partial charge in [-0.25, -0.2) is 4.39 Å². The van der Waals surface area contributed by atoms with Crippen molar-refractivity contribution in [3.63, 3.8) is 0 Å². The average molecular weight is 347 g/mol. The van der Waals surface area contributed by atoms with E-state index < -0.39 is 6.04 Å². The maximum Gasteiger partial charge on any atom is 0.137 e. The summed E-state index contributed by atoms with van der Waals surface area (Å²) in [4.78, 5) is 0. The summed E-state index contributed by atoms with van der Waals surface area (Å²) in [7, 11) is 0. The summed E-state index contributed by atoms with van der Waals surface area (Å²) in [6, 6.07) is 4.39. The Morgan fingerprint density at radius 1 is 1.42 bits per heavy atom. The van der Waals surface area contributed by atoms with E-state index in [2.05, 4.69) is 21.0 Å². The van der Waals surface area contributed by atoms with Gasteiger partial charge in [-0.1, -0.05) is 17.7 Å². The Kier molecular flexibility index (Phi) is 4.28. The van der Waals surface area contributed by atoms with Crippen LogP contribution in [0.3, 0.4) is 0 Å². The van der Waals surface area contributed by atoms with Crippen molar-refractivity contribution in [3.8, 4) is 0 Å². The predicted octanol–water partition coefficient (Wildman–Crippen LogP) is 4.07. The van der Waals surface area contributed by atoms with Gasteiger partial charge in [0, 0.05) is 6.04 Å². The lowest BCUT2D eigenvalue weighted by Crippen LogP contribution is -2.19. The largest absolute Gasteiger partial charge is 0.319 e. The third-order valence-corrected chi connectivity index (χ3v) is 3.77. The maximum atomic E-state index is 13.3. The first kappa shape index (κ1) is 14.5. The molecule has 0 aliphatic heterocycles. The molecule has 0 aliphatic carbocycles. The fourth-order valence-corrected chi connectivity index (χ4v) is 2.56. The second-order valence-corrected chi connectivity index (χ2v) is 5.83. The molecule has 0 aliphatic rings. The summed E-state index contributed by atoms with van der Waals surface area (Å²) in [5.41, 5.74) is 7.74. The second-order valence-electron chi connectivity index (χ2n) is 4.57. The van der Waals surface area contributed by atoms with E-state index in [1.54, 1.807) is 23.0 Å². The van der Waals surface area contributed by atoms with Gasteiger partial charge in [-0.15, -0.1) is 0 Å². The van der Waals surface area contributed by atoms with Crippen molar-refractivity contribution in [1.29, 1.82) is 0 Å². The highest BCUT2D eigenvalue weighted by Crippen LogP contribution is 2.30. The summed E-state index contributed by atoms with van der Waals surface area (Å²) >= 11 is 9.31. The highest BCUT2D eigenvalue weighted by Gasteiger charge is 2.20. The number of nitrogens with two attached hydrogens (primary N) is 1. The summed E-state index contributed by atoms with van der Waals surface area (Å²) in [5.74, 6) is -0.320. The van der Waals surface area contributed by atoms with E-state index in [9.17, 15) is 4.39 Å². The van der Waals surface area contributed by atoms with E-state index in [4.69, 9.17) is 17.3 Å². The molecule has 0 amide bonds. The van der Waals surface area contributed by atoms with Gasteiger partial charge >= 0.3 is 0 Å². The quantitative estimate of drug-likeness (QED) is 0.910. The highest BCUT2D eigenvalue weighted by atomic mass is 79.9. The fraction of sp³-hybridized carbons (Fsp3) is 0.308. The van der Waals surface area contributed by atoms with Gasteiger partial charge < -0.3 is 5.73 Å². The summed E-state index contributed by atoms with van der Waals surface area (Å²) < 4.78 is 15.4. The summed E-state index contributed by atoms with van der Waals surface area (Å²) in [5, 5.41) is 4.74. The van der Waals surface area contributed by atoms with Crippen molar-refractivity contribution >= 4 is 27.5 Å². The molecule has 0 saturated carbocycles. The van der Waals surface area contributed by atoms with Gasteiger partial charge in [-0.05, 0) is 47.5 Å². The molecule has 19 heavy (non-hydrogen) atoms. The van der Waals surface area contributed by atoms with Crippen LogP contribution in [0.4, 0.5) is 4.39 Å². The monoisotopic (exact) mass is 345 g/mol. The van der Waals surface area contributed by atoms with E-state index >= 15 is 0 Å². The number of benzene rings is 1. The van der Waals surface area contributed by atoms with Crippen LogP contribution in [-0.4, -0.2) is 9.78 Å². The minimum atomic E-state index is -0.450. The Bertz CT molecular complexity index is 598. The van der Waals surface area contributed by atoms with Crippen LogP contribution in [0.25, 0.3) is 0 Å². The van der Waals surface area contributed by atoms with Crippen LogP contribution < -0.4 is 5.73 Å². The number of aromatic nitrogens is 2. The molecule has 0 saturated heterocycles. The first-order valence-electron chi connectivity index (χ1n) is 5.85. The van der Waals surface area contributed by atoms with E-state index in [1.807, 2.05) is 13.8 Å². The van der Waals surface area contributed by atoms with Crippen LogP contribution in [-0.2, 0) is 0 Å². The lowest BCUT2D eigenvalue weighted by Gasteiger charge is -2.18. The molecular formula is C13H14BrClFN3. The molecule has 1 unspecified atom stereocenters. The Morgan fingerprint density at radius 2 is 2.11 bits per heavy atom. The average Bonchev–Trinajstić information content (AvgIpc) is 2.74. The molecule has 1 aromatic carbocycles. The maximum absolute atomic E-state index is 13.3. The fourth-order valence-electron chi connectivity index (χ4n) is 1.92. The molecule has 1 heterocycles. The van der Waals surface area contributed by atoms with Crippen molar-refractivity contribution < 1.29 is 4.39 Å². The molecule has 0 bridgehead atoms. The smallest absolute Gasteiger partial charge is 0.137 e. The van der Waals surface area contributed by atoms with Crippen LogP contribution in [0.5, 0.6) is 0 Å². The van der Waals surface area contributed by atoms with Crippen LogP contribution in [0.15, 0.2) is 28.9 Å². The molecular weight excluding hydrogens is 333 g/mol. The van der Waals surface area contributed by atoms with Gasteiger partial charge in [0.05, 0.1) is 27.4 Å². The third-order valence-electron chi connectivity index (χ3n) is 2.87. The normalized spacial score (nSPS) is 13.0. The van der Waals surface area contributed by atoms with Crippen molar-refractivity contribution in [2.45, 2.75) is 25.9 Å². The topological polar surface area (TPSA) is 43.8 Å². The van der Waals surface area contributed by atoms with Gasteiger partial charge in [0.1, 0.15) is 5.82 Å². The number of hydrogen-bond acceptors (Lipinski definition) is 2. The van der Waals surface area contributed by atoms with E-state index in [0.717, 1.165) is 11.3 Å². The number of hydrogen-bond donors (Lipinski definition) is 1. The first-order chi connectivity index (χ1) is 8.91. The predicted molar refractivity (Wildman–Crippen MR) is 77.8 cm³/mol. The van der Waals surface area contributed by atoms with Gasteiger partial charge in [-0.3, -0.25) is 4.68 Å². The van der Waals surface area contributed by atoms with Gasteiger partial charge in [0.15, 0.2) is 0 Å². The Morgan fingerprint density at radius 3 is 2.68 bits per heavy atom. The number of halogens is 3. The highest BCUT2D eigenvalue weighted by molar-refractivity contribution is 9.10. The van der Waals surface area contributed by atoms with Gasteiger partial charge in [0.2, 0.25) is 0 Å². The SMILES string of the molecule is CC(C)n1ncc(Cl)c1C(N)c1ccc(F)c(Br)c1. The van der Waals surface area contributed by atoms with Crippen LogP contribution in [0.2, 0.25) is 5.02 Å². The van der Waals surface area contributed by atoms with E-state index in [1.165, 1.54) is 6.07 Å². The second kappa shape index (κ2) is 5.61. The molecule has 102 valence electrons. The summed E-state index contributed by atoms with van der Waals surface area (Å²) in [6.07, 6.45) is 1.58. The number of nitrogens with zero attached hydrogens (tertiary/aromatic N) is 2. The van der Waals surface area contributed by atoms with Crippen LogP contribution >= 0.6 is 27.5 Å². The zero-order chi connectivity index (χ0) is 14.2. The van der Waals surface area contributed by atoms with Crippen molar-refractivity contribution in [3.05, 3.63) is 51.0 Å². The summed E-state index contributed by atoms with van der Waals surface area (Å²) in [6.45, 7) is 4.00. The molecule has 2 aromatic rings. The van der Waals surface area contributed by atoms with Gasteiger partial charge in [0.25, 0.3) is 0 Å². The van der Waals surface area contributed by atoms with Crippen LogP contribution in [0.1, 0.15) is 37.2 Å². The molecule has 6 heteroatoms. The van der Waals surface area contributed by atoms with Gasteiger partial charge in [-0.2, -0.15) is 5.10 Å². The molecule has 0 spiro atoms. The molecule has 2 rings (SSSR count). The van der Waals surface area contributed by atoms with Crippen molar-refractivity contribution in [2.24, 2.45) is 5.73 Å². The molecule has 0 fully saturated rings. The zero-order valence-corrected chi connectivity index (χ0v) is 12.9. The van der Waals surface area contributed by atoms with Crippen LogP contribution in [0, 0.1) is 5.82 Å². The number of rotatable bonds is 3. The van der Waals surface area contributed by atoms with Crippen molar-refractivity contribution in [1.82, 2.24) is 9.78 Å². The third kappa shape index (κ3) is 2.83. The standard InChI is InChI=1S/C13H14BrClFN3/c1-7(2)19-13(10(15)6-18-19)12(17)8-3-4-11(16)9(14)5-8/h3-7,12H,17H2,1-2H3. The van der Waals surface area contributed by atoms with Crippen molar-refractivity contribution in [2.75, 3.05) is 0 Å². The molecule has 2 N–H and O–H groups in total. The minimum absolute atomic E-state index is 0.150. The molecule has 1 aromatic heterocycles. The van der Waals surface area contributed by atoms with E-state index in [-0.39, 0.29) is 11.9 Å². The molecule has 1 atom stereocenters. The zero-order valence-electron chi connectivity index (χ0n) is 10.6. The Balaban J connectivity index is 2.46. The first-order valence-corrected chi connectivity index (χ1v) is 7.02. The minimum Gasteiger partial charge on any atom is -0.319 e.